The Hall–Kier alpha value is -2.22. The largest absolute Gasteiger partial charge is 0.593 e. The van der Waals surface area contributed by atoms with Crippen molar-refractivity contribution >= 4 is 12.2 Å². The van der Waals surface area contributed by atoms with Gasteiger partial charge in [0.15, 0.2) is 0 Å². The van der Waals surface area contributed by atoms with Crippen LogP contribution in [0.3, 0.4) is 0 Å². The zero-order chi connectivity index (χ0) is 12.1. The highest BCUT2D eigenvalue weighted by molar-refractivity contribution is 5.72. The lowest BCUT2D eigenvalue weighted by atomic mass is 10.1. The molecule has 0 amide bonds. The third kappa shape index (κ3) is 2.88. The highest BCUT2D eigenvalue weighted by atomic mass is 16.5. The molecule has 0 aliphatic rings. The molecule has 2 heteroatoms. The second-order valence-corrected chi connectivity index (χ2v) is 3.70. The van der Waals surface area contributed by atoms with Gasteiger partial charge >= 0.3 is 0 Å². The molecule has 2 nitrogen and oxygen atoms in total. The monoisotopic (exact) mass is 227 g/mol. The maximum absolute atomic E-state index is 7.74. The lowest BCUT2D eigenvalue weighted by molar-refractivity contribution is 0.414. The van der Waals surface area contributed by atoms with E-state index in [9.17, 15) is 0 Å². The minimum Gasteiger partial charge on any atom is -0.593 e. The van der Waals surface area contributed by atoms with Crippen molar-refractivity contribution in [1.82, 2.24) is 0 Å². The molecule has 0 heterocycles. The van der Waals surface area contributed by atoms with Crippen molar-refractivity contribution in [3.8, 4) is 11.5 Å². The van der Waals surface area contributed by atoms with E-state index in [0.717, 1.165) is 16.9 Å². The standard InChI is InChI=1S/C15H14O2/c1-17-14-7-4-5-12(11-14)9-10-13-6-2-3-8-15(13)16/h2-11,16H,1H3/p+1/b10-9-. The van der Waals surface area contributed by atoms with Crippen LogP contribution >= 0.6 is 0 Å². The lowest BCUT2D eigenvalue weighted by Crippen LogP contribution is -1.82. The summed E-state index contributed by atoms with van der Waals surface area (Å²) < 4.78 is 5.16. The number of rotatable bonds is 3. The van der Waals surface area contributed by atoms with Gasteiger partial charge < -0.3 is 9.84 Å². The van der Waals surface area contributed by atoms with Gasteiger partial charge in [0.25, 0.3) is 5.75 Å². The van der Waals surface area contributed by atoms with E-state index in [1.165, 1.54) is 0 Å². The van der Waals surface area contributed by atoms with Gasteiger partial charge in [0, 0.05) is 6.07 Å². The maximum Gasteiger partial charge on any atom is 0.261 e. The van der Waals surface area contributed by atoms with E-state index in [2.05, 4.69) is 0 Å². The smallest absolute Gasteiger partial charge is 0.261 e. The molecule has 0 atom stereocenters. The second-order valence-electron chi connectivity index (χ2n) is 3.70. The molecular weight excluding hydrogens is 212 g/mol. The minimum absolute atomic E-state index is 0.534. The van der Waals surface area contributed by atoms with Gasteiger partial charge in [0.1, 0.15) is 5.75 Å². The van der Waals surface area contributed by atoms with Gasteiger partial charge in [0.2, 0.25) is 0 Å². The van der Waals surface area contributed by atoms with Crippen LogP contribution < -0.4 is 4.74 Å². The average Bonchev–Trinajstić information content (AvgIpc) is 2.38. The molecule has 17 heavy (non-hydrogen) atoms. The van der Waals surface area contributed by atoms with Crippen LogP contribution in [-0.2, 0) is 0 Å². The van der Waals surface area contributed by atoms with Gasteiger partial charge in [-0.2, -0.15) is 0 Å². The molecular formula is C15H15O2+. The highest BCUT2D eigenvalue weighted by Gasteiger charge is 1.98. The molecule has 0 fully saturated rings. The molecule has 2 N–H and O–H groups in total. The van der Waals surface area contributed by atoms with Crippen molar-refractivity contribution in [3.63, 3.8) is 0 Å². The van der Waals surface area contributed by atoms with E-state index in [1.807, 2.05) is 54.6 Å². The van der Waals surface area contributed by atoms with Crippen LogP contribution in [0.1, 0.15) is 11.1 Å². The number of benzene rings is 2. The summed E-state index contributed by atoms with van der Waals surface area (Å²) in [6.45, 7) is 0. The third-order valence-corrected chi connectivity index (χ3v) is 2.51. The van der Waals surface area contributed by atoms with E-state index in [4.69, 9.17) is 9.84 Å². The van der Waals surface area contributed by atoms with Crippen LogP contribution in [0, 0.1) is 0 Å². The van der Waals surface area contributed by atoms with Gasteiger partial charge in [-0.15, -0.1) is 0 Å². The average molecular weight is 227 g/mol. The number of para-hydroxylation sites is 1. The normalized spacial score (nSPS) is 10.6. The Balaban J connectivity index is 2.23. The summed E-state index contributed by atoms with van der Waals surface area (Å²) >= 11 is 0. The van der Waals surface area contributed by atoms with Crippen molar-refractivity contribution in [2.45, 2.75) is 0 Å². The zero-order valence-corrected chi connectivity index (χ0v) is 9.68. The van der Waals surface area contributed by atoms with Gasteiger partial charge in [-0.25, -0.2) is 0 Å². The van der Waals surface area contributed by atoms with Gasteiger partial charge in [-0.3, -0.25) is 0 Å². The molecule has 0 bridgehead atoms. The molecule has 0 saturated heterocycles. The molecule has 0 saturated carbocycles. The van der Waals surface area contributed by atoms with E-state index >= 15 is 0 Å². The first-order chi connectivity index (χ1) is 8.29. The Kier molecular flexibility index (Phi) is 3.46. The Morgan fingerprint density at radius 2 is 1.82 bits per heavy atom. The number of ether oxygens (including phenoxy) is 1. The third-order valence-electron chi connectivity index (χ3n) is 2.51. The molecule has 86 valence electrons. The fourth-order valence-corrected chi connectivity index (χ4v) is 1.57. The number of methoxy groups -OCH3 is 1. The van der Waals surface area contributed by atoms with Gasteiger partial charge in [-0.05, 0) is 29.8 Å². The van der Waals surface area contributed by atoms with E-state index < -0.39 is 0 Å². The minimum atomic E-state index is 0.534. The van der Waals surface area contributed by atoms with Crippen LogP contribution in [0.4, 0.5) is 0 Å². The first-order valence-electron chi connectivity index (χ1n) is 5.42. The molecule has 0 radical (unpaired) electrons. The van der Waals surface area contributed by atoms with Crippen LogP contribution in [0.5, 0.6) is 11.5 Å². The Labute approximate surface area is 101 Å². The van der Waals surface area contributed by atoms with Crippen LogP contribution in [0.15, 0.2) is 48.5 Å². The summed E-state index contributed by atoms with van der Waals surface area (Å²) in [5, 5.41) is 7.74. The number of hydrogen-bond donors (Lipinski definition) is 0. The van der Waals surface area contributed by atoms with Gasteiger partial charge in [0.05, 0.1) is 12.7 Å². The summed E-state index contributed by atoms with van der Waals surface area (Å²) in [5.41, 5.74) is 1.97. The molecule has 0 aliphatic heterocycles. The fourth-order valence-electron chi connectivity index (χ4n) is 1.57. The van der Waals surface area contributed by atoms with Crippen molar-refractivity contribution in [3.05, 3.63) is 59.7 Å². The Bertz CT molecular complexity index is 530. The van der Waals surface area contributed by atoms with E-state index in [0.29, 0.717) is 5.75 Å². The second kappa shape index (κ2) is 5.21. The fraction of sp³-hybridized carbons (Fsp3) is 0.0667. The van der Waals surface area contributed by atoms with Crippen molar-refractivity contribution in [2.75, 3.05) is 7.11 Å². The summed E-state index contributed by atoms with van der Waals surface area (Å²) in [4.78, 5) is 0. The van der Waals surface area contributed by atoms with Crippen molar-refractivity contribution < 1.29 is 9.84 Å². The zero-order valence-electron chi connectivity index (χ0n) is 9.68. The van der Waals surface area contributed by atoms with Gasteiger partial charge in [-0.1, -0.05) is 30.3 Å². The molecule has 0 unspecified atom stereocenters. The summed E-state index contributed by atoms with van der Waals surface area (Å²) in [7, 11) is 1.65. The topological polar surface area (TPSA) is 32.1 Å². The molecule has 0 spiro atoms. The lowest BCUT2D eigenvalue weighted by Gasteiger charge is -2.00. The Morgan fingerprint density at radius 3 is 2.59 bits per heavy atom. The summed E-state index contributed by atoms with van der Waals surface area (Å²) in [6.07, 6.45) is 3.92. The molecule has 0 aliphatic carbocycles. The number of hydrogen-bond acceptors (Lipinski definition) is 1. The summed E-state index contributed by atoms with van der Waals surface area (Å²) in [6, 6.07) is 15.3. The van der Waals surface area contributed by atoms with Crippen molar-refractivity contribution in [1.29, 1.82) is 0 Å². The van der Waals surface area contributed by atoms with E-state index in [-0.39, 0.29) is 0 Å². The Morgan fingerprint density at radius 1 is 1.00 bits per heavy atom. The molecule has 0 aromatic heterocycles. The van der Waals surface area contributed by atoms with Crippen LogP contribution in [-0.4, -0.2) is 12.2 Å². The first kappa shape index (κ1) is 11.3. The highest BCUT2D eigenvalue weighted by Crippen LogP contribution is 2.20. The maximum atomic E-state index is 7.74. The van der Waals surface area contributed by atoms with Crippen LogP contribution in [0.2, 0.25) is 0 Å². The molecule has 2 aromatic carbocycles. The summed E-state index contributed by atoms with van der Waals surface area (Å²) in [5.74, 6) is 1.37. The molecule has 2 aromatic rings. The van der Waals surface area contributed by atoms with E-state index in [1.54, 1.807) is 13.2 Å². The quantitative estimate of drug-likeness (QED) is 0.584. The SMILES string of the molecule is COc1cccc(/C=C\c2ccccc2[OH2+])c1. The predicted molar refractivity (Wildman–Crippen MR) is 71.4 cm³/mol. The van der Waals surface area contributed by atoms with Crippen LogP contribution in [0.25, 0.3) is 12.2 Å². The first-order valence-corrected chi connectivity index (χ1v) is 5.42. The molecule has 2 rings (SSSR count). The predicted octanol–water partition coefficient (Wildman–Crippen LogP) is 3.30. The van der Waals surface area contributed by atoms with Crippen molar-refractivity contribution in [2.24, 2.45) is 0 Å².